The average molecular weight is 380 g/mol. The highest BCUT2D eigenvalue weighted by atomic mass is 35.5. The number of nitrogens with two attached hydrogens (primary N) is 1. The highest BCUT2D eigenvalue weighted by Gasteiger charge is 2.24. The van der Waals surface area contributed by atoms with Crippen molar-refractivity contribution >= 4 is 12.4 Å². The number of hydrogen-bond donors (Lipinski definition) is 3. The molecule has 0 bridgehead atoms. The summed E-state index contributed by atoms with van der Waals surface area (Å²) in [6, 6.07) is 15.7. The van der Waals surface area contributed by atoms with Gasteiger partial charge in [0.1, 0.15) is 11.5 Å². The minimum atomic E-state index is -0.662. The fourth-order valence-corrected chi connectivity index (χ4v) is 2.84. The number of ether oxygens (including phenoxy) is 1. The lowest BCUT2D eigenvalue weighted by molar-refractivity contribution is 0.103. The minimum Gasteiger partial charge on any atom is -0.457 e. The van der Waals surface area contributed by atoms with E-state index in [1.807, 2.05) is 43.3 Å². The zero-order chi connectivity index (χ0) is 18.4. The zero-order valence-electron chi connectivity index (χ0n) is 15.7. The lowest BCUT2D eigenvalue weighted by Crippen LogP contribution is -2.37. The molecule has 2 atom stereocenters. The van der Waals surface area contributed by atoms with E-state index in [0.717, 1.165) is 17.1 Å². The molecule has 0 saturated carbocycles. The molecular formula is C21H30ClNO3. The van der Waals surface area contributed by atoms with Gasteiger partial charge in [0.25, 0.3) is 0 Å². The van der Waals surface area contributed by atoms with E-state index >= 15 is 0 Å². The van der Waals surface area contributed by atoms with Gasteiger partial charge >= 0.3 is 0 Å². The van der Waals surface area contributed by atoms with Crippen molar-refractivity contribution in [3.05, 3.63) is 59.7 Å². The molecule has 5 heteroatoms. The topological polar surface area (TPSA) is 75.7 Å². The third-order valence-corrected chi connectivity index (χ3v) is 4.40. The third kappa shape index (κ3) is 6.29. The Kier molecular flexibility index (Phi) is 8.57. The number of rotatable bonds is 8. The molecule has 26 heavy (non-hydrogen) atoms. The van der Waals surface area contributed by atoms with Gasteiger partial charge in [-0.2, -0.15) is 0 Å². The molecule has 0 spiro atoms. The number of benzene rings is 2. The lowest BCUT2D eigenvalue weighted by Gasteiger charge is -2.28. The molecule has 0 amide bonds. The third-order valence-electron chi connectivity index (χ3n) is 4.40. The molecule has 2 aromatic rings. The van der Waals surface area contributed by atoms with Crippen molar-refractivity contribution in [1.29, 1.82) is 0 Å². The SMILES string of the molecule is CC(C)c1cccc(Oc2ccc(C(C)(N)CC(O)CCO)cc2)c1.Cl. The molecular weight excluding hydrogens is 350 g/mol. The molecule has 0 radical (unpaired) electrons. The lowest BCUT2D eigenvalue weighted by atomic mass is 9.87. The second kappa shape index (κ2) is 9.93. The van der Waals surface area contributed by atoms with Crippen LogP contribution >= 0.6 is 12.4 Å². The molecule has 4 N–H and O–H groups in total. The number of halogens is 1. The van der Waals surface area contributed by atoms with Crippen LogP contribution in [0.1, 0.15) is 50.7 Å². The van der Waals surface area contributed by atoms with Crippen LogP contribution in [0.3, 0.4) is 0 Å². The molecule has 2 rings (SSSR count). The van der Waals surface area contributed by atoms with Crippen LogP contribution in [0, 0.1) is 0 Å². The highest BCUT2D eigenvalue weighted by molar-refractivity contribution is 5.85. The summed E-state index contributed by atoms with van der Waals surface area (Å²) in [4.78, 5) is 0. The Morgan fingerprint density at radius 1 is 1.08 bits per heavy atom. The Balaban J connectivity index is 0.00000338. The predicted molar refractivity (Wildman–Crippen MR) is 108 cm³/mol. The summed E-state index contributed by atoms with van der Waals surface area (Å²) in [6.07, 6.45) is 0.111. The van der Waals surface area contributed by atoms with E-state index in [4.69, 9.17) is 15.6 Å². The first-order valence-electron chi connectivity index (χ1n) is 8.78. The quantitative estimate of drug-likeness (QED) is 0.638. The van der Waals surface area contributed by atoms with Crippen molar-refractivity contribution in [3.8, 4) is 11.5 Å². The summed E-state index contributed by atoms with van der Waals surface area (Å²) in [5, 5.41) is 18.8. The monoisotopic (exact) mass is 379 g/mol. The molecule has 4 nitrogen and oxygen atoms in total. The number of hydrogen-bond acceptors (Lipinski definition) is 4. The van der Waals surface area contributed by atoms with E-state index in [0.29, 0.717) is 18.8 Å². The molecule has 0 fully saturated rings. The Morgan fingerprint density at radius 2 is 1.73 bits per heavy atom. The molecule has 0 heterocycles. The normalized spacial score (nSPS) is 14.4. The van der Waals surface area contributed by atoms with Crippen LogP contribution in [0.4, 0.5) is 0 Å². The van der Waals surface area contributed by atoms with E-state index < -0.39 is 11.6 Å². The summed E-state index contributed by atoms with van der Waals surface area (Å²) in [5.74, 6) is 2.01. The van der Waals surface area contributed by atoms with Gasteiger partial charge in [-0.3, -0.25) is 0 Å². The molecule has 2 unspecified atom stereocenters. The Hall–Kier alpha value is -1.59. The molecule has 0 saturated heterocycles. The maximum absolute atomic E-state index is 9.90. The minimum absolute atomic E-state index is 0. The van der Waals surface area contributed by atoms with Crippen molar-refractivity contribution in [2.24, 2.45) is 5.73 Å². The zero-order valence-corrected chi connectivity index (χ0v) is 16.5. The van der Waals surface area contributed by atoms with Crippen LogP contribution < -0.4 is 10.5 Å². The van der Waals surface area contributed by atoms with Gasteiger partial charge in [0.2, 0.25) is 0 Å². The van der Waals surface area contributed by atoms with Crippen LogP contribution in [0.2, 0.25) is 0 Å². The average Bonchev–Trinajstić information content (AvgIpc) is 2.55. The summed E-state index contributed by atoms with van der Waals surface area (Å²) in [5.41, 5.74) is 7.84. The second-order valence-electron chi connectivity index (χ2n) is 7.14. The molecule has 144 valence electrons. The largest absolute Gasteiger partial charge is 0.457 e. The first-order chi connectivity index (χ1) is 11.8. The second-order valence-corrected chi connectivity index (χ2v) is 7.14. The van der Waals surface area contributed by atoms with Crippen LogP contribution in [-0.4, -0.2) is 22.9 Å². The summed E-state index contributed by atoms with van der Waals surface area (Å²) in [6.45, 7) is 6.15. The van der Waals surface area contributed by atoms with Gasteiger partial charge in [0, 0.05) is 12.1 Å². The van der Waals surface area contributed by atoms with Gasteiger partial charge in [0.15, 0.2) is 0 Å². The van der Waals surface area contributed by atoms with E-state index in [1.165, 1.54) is 5.56 Å². The molecule has 0 aliphatic carbocycles. The number of aliphatic hydroxyl groups excluding tert-OH is 2. The van der Waals surface area contributed by atoms with Gasteiger partial charge in [-0.25, -0.2) is 0 Å². The van der Waals surface area contributed by atoms with Crippen LogP contribution in [0.5, 0.6) is 11.5 Å². The van der Waals surface area contributed by atoms with Crippen LogP contribution in [-0.2, 0) is 5.54 Å². The molecule has 0 aliphatic rings. The molecule has 2 aromatic carbocycles. The van der Waals surface area contributed by atoms with Crippen LogP contribution in [0.15, 0.2) is 48.5 Å². The smallest absolute Gasteiger partial charge is 0.127 e. The highest BCUT2D eigenvalue weighted by Crippen LogP contribution is 2.29. The number of aliphatic hydroxyl groups is 2. The van der Waals surface area contributed by atoms with Crippen LogP contribution in [0.25, 0.3) is 0 Å². The summed E-state index contributed by atoms with van der Waals surface area (Å²) >= 11 is 0. The summed E-state index contributed by atoms with van der Waals surface area (Å²) < 4.78 is 5.93. The van der Waals surface area contributed by atoms with Crippen molar-refractivity contribution in [2.45, 2.75) is 51.2 Å². The van der Waals surface area contributed by atoms with Gasteiger partial charge in [0.05, 0.1) is 6.10 Å². The van der Waals surface area contributed by atoms with E-state index in [-0.39, 0.29) is 19.0 Å². The van der Waals surface area contributed by atoms with E-state index in [1.54, 1.807) is 0 Å². The van der Waals surface area contributed by atoms with Gasteiger partial charge < -0.3 is 20.7 Å². The van der Waals surface area contributed by atoms with E-state index in [9.17, 15) is 5.11 Å². The Morgan fingerprint density at radius 3 is 2.31 bits per heavy atom. The molecule has 0 aliphatic heterocycles. The van der Waals surface area contributed by atoms with Gasteiger partial charge in [-0.05, 0) is 61.1 Å². The van der Waals surface area contributed by atoms with Gasteiger partial charge in [-0.15, -0.1) is 12.4 Å². The van der Waals surface area contributed by atoms with E-state index in [2.05, 4.69) is 26.0 Å². The fraction of sp³-hybridized carbons (Fsp3) is 0.429. The molecule has 0 aromatic heterocycles. The van der Waals surface area contributed by atoms with Gasteiger partial charge in [-0.1, -0.05) is 38.1 Å². The predicted octanol–water partition coefficient (Wildman–Crippen LogP) is 4.33. The van der Waals surface area contributed by atoms with Crippen molar-refractivity contribution < 1.29 is 14.9 Å². The fourth-order valence-electron chi connectivity index (χ4n) is 2.84. The first-order valence-corrected chi connectivity index (χ1v) is 8.78. The standard InChI is InChI=1S/C21H29NO3.ClH/c1-15(2)16-5-4-6-20(13-16)25-19-9-7-17(8-10-19)21(3,22)14-18(24)11-12-23;/h4-10,13,15,18,23-24H,11-12,14,22H2,1-3H3;1H. The first kappa shape index (κ1) is 22.5. The van der Waals surface area contributed by atoms with Crippen molar-refractivity contribution in [1.82, 2.24) is 0 Å². The maximum Gasteiger partial charge on any atom is 0.127 e. The van der Waals surface area contributed by atoms with Crippen molar-refractivity contribution in [2.75, 3.05) is 6.61 Å². The van der Waals surface area contributed by atoms with Crippen molar-refractivity contribution in [3.63, 3.8) is 0 Å². The maximum atomic E-state index is 9.90. The Labute approximate surface area is 162 Å². The Bertz CT molecular complexity index is 671. The summed E-state index contributed by atoms with van der Waals surface area (Å²) in [7, 11) is 0.